The SMILES string of the molecule is CS(=O)(=O)c1ccc(-c2cncn2-c2ccncc2)cc1. The maximum absolute atomic E-state index is 11.5. The first-order valence-corrected chi connectivity index (χ1v) is 8.18. The van der Waals surface area contributed by atoms with Crippen molar-refractivity contribution in [2.75, 3.05) is 6.26 Å². The Kier molecular flexibility index (Phi) is 3.31. The number of aromatic nitrogens is 3. The third-order valence-electron chi connectivity index (χ3n) is 3.16. The van der Waals surface area contributed by atoms with Crippen LogP contribution in [0.2, 0.25) is 0 Å². The number of nitrogens with zero attached hydrogens (tertiary/aromatic N) is 3. The fourth-order valence-corrected chi connectivity index (χ4v) is 2.72. The molecule has 0 atom stereocenters. The van der Waals surface area contributed by atoms with E-state index < -0.39 is 9.84 Å². The number of rotatable bonds is 3. The standard InChI is InChI=1S/C15H13N3O2S/c1-21(19,20)14-4-2-12(3-5-14)15-10-17-11-18(15)13-6-8-16-9-7-13/h2-11H,1H3. The Hall–Kier alpha value is -2.47. The highest BCUT2D eigenvalue weighted by atomic mass is 32.2. The van der Waals surface area contributed by atoms with E-state index in [2.05, 4.69) is 9.97 Å². The second-order valence-electron chi connectivity index (χ2n) is 4.65. The van der Waals surface area contributed by atoms with E-state index in [0.29, 0.717) is 4.90 Å². The molecule has 2 heterocycles. The second-order valence-corrected chi connectivity index (χ2v) is 6.67. The molecular formula is C15H13N3O2S. The van der Waals surface area contributed by atoms with Crippen molar-refractivity contribution in [1.82, 2.24) is 14.5 Å². The number of sulfone groups is 1. The lowest BCUT2D eigenvalue weighted by Gasteiger charge is -2.08. The van der Waals surface area contributed by atoms with Crippen LogP contribution in [0.4, 0.5) is 0 Å². The average molecular weight is 299 g/mol. The largest absolute Gasteiger partial charge is 0.299 e. The van der Waals surface area contributed by atoms with Gasteiger partial charge < -0.3 is 0 Å². The molecule has 106 valence electrons. The van der Waals surface area contributed by atoms with Crippen molar-refractivity contribution < 1.29 is 8.42 Å². The number of benzene rings is 1. The van der Waals surface area contributed by atoms with Crippen LogP contribution >= 0.6 is 0 Å². The Bertz CT molecular complexity index is 853. The van der Waals surface area contributed by atoms with Crippen LogP contribution in [0.3, 0.4) is 0 Å². The lowest BCUT2D eigenvalue weighted by Crippen LogP contribution is -1.98. The third kappa shape index (κ3) is 2.71. The molecule has 3 rings (SSSR count). The van der Waals surface area contributed by atoms with Crippen molar-refractivity contribution in [2.24, 2.45) is 0 Å². The average Bonchev–Trinajstić information content (AvgIpc) is 2.97. The van der Waals surface area contributed by atoms with Gasteiger partial charge in [0.25, 0.3) is 0 Å². The predicted octanol–water partition coefficient (Wildman–Crippen LogP) is 2.34. The predicted molar refractivity (Wildman–Crippen MR) is 79.9 cm³/mol. The molecule has 0 fully saturated rings. The van der Waals surface area contributed by atoms with Gasteiger partial charge in [-0.25, -0.2) is 13.4 Å². The molecule has 0 spiro atoms. The highest BCUT2D eigenvalue weighted by Crippen LogP contribution is 2.23. The Labute approximate surface area is 122 Å². The van der Waals surface area contributed by atoms with Gasteiger partial charge in [-0.1, -0.05) is 12.1 Å². The molecule has 0 N–H and O–H groups in total. The topological polar surface area (TPSA) is 64.8 Å². The molecule has 1 aromatic carbocycles. The molecular weight excluding hydrogens is 286 g/mol. The molecule has 0 aliphatic carbocycles. The summed E-state index contributed by atoms with van der Waals surface area (Å²) < 4.78 is 24.9. The summed E-state index contributed by atoms with van der Waals surface area (Å²) in [6.07, 6.45) is 8.09. The van der Waals surface area contributed by atoms with Crippen LogP contribution in [0.5, 0.6) is 0 Å². The third-order valence-corrected chi connectivity index (χ3v) is 4.29. The van der Waals surface area contributed by atoms with Crippen LogP contribution in [0, 0.1) is 0 Å². The van der Waals surface area contributed by atoms with Gasteiger partial charge in [-0.05, 0) is 24.3 Å². The zero-order valence-corrected chi connectivity index (χ0v) is 12.2. The van der Waals surface area contributed by atoms with Gasteiger partial charge in [0.2, 0.25) is 0 Å². The van der Waals surface area contributed by atoms with Crippen LogP contribution in [0.1, 0.15) is 0 Å². The van der Waals surface area contributed by atoms with E-state index in [1.807, 2.05) is 16.7 Å². The van der Waals surface area contributed by atoms with Crippen LogP contribution in [0.25, 0.3) is 16.9 Å². The van der Waals surface area contributed by atoms with Crippen molar-refractivity contribution in [2.45, 2.75) is 4.90 Å². The van der Waals surface area contributed by atoms with E-state index >= 15 is 0 Å². The van der Waals surface area contributed by atoms with Crippen molar-refractivity contribution in [3.05, 3.63) is 61.3 Å². The summed E-state index contributed by atoms with van der Waals surface area (Å²) in [5, 5.41) is 0. The van der Waals surface area contributed by atoms with Crippen molar-refractivity contribution in [3.8, 4) is 16.9 Å². The van der Waals surface area contributed by atoms with Crippen LogP contribution in [0.15, 0.2) is 66.2 Å². The first-order valence-electron chi connectivity index (χ1n) is 6.29. The van der Waals surface area contributed by atoms with E-state index in [1.165, 1.54) is 6.26 Å². The number of imidazole rings is 1. The molecule has 0 aliphatic rings. The quantitative estimate of drug-likeness (QED) is 0.744. The van der Waals surface area contributed by atoms with Crippen LogP contribution in [-0.2, 0) is 9.84 Å². The van der Waals surface area contributed by atoms with Crippen LogP contribution in [-0.4, -0.2) is 29.2 Å². The zero-order valence-electron chi connectivity index (χ0n) is 11.3. The van der Waals surface area contributed by atoms with E-state index in [9.17, 15) is 8.42 Å². The minimum Gasteiger partial charge on any atom is -0.299 e. The molecule has 0 saturated heterocycles. The minimum absolute atomic E-state index is 0.307. The number of hydrogen-bond acceptors (Lipinski definition) is 4. The number of hydrogen-bond donors (Lipinski definition) is 0. The van der Waals surface area contributed by atoms with Gasteiger partial charge >= 0.3 is 0 Å². The van der Waals surface area contributed by atoms with E-state index in [4.69, 9.17) is 0 Å². The van der Waals surface area contributed by atoms with Gasteiger partial charge in [-0.2, -0.15) is 0 Å². The van der Waals surface area contributed by atoms with Gasteiger partial charge in [0.05, 0.1) is 28.8 Å². The zero-order chi connectivity index (χ0) is 14.9. The maximum Gasteiger partial charge on any atom is 0.175 e. The van der Waals surface area contributed by atoms with E-state index in [-0.39, 0.29) is 0 Å². The molecule has 0 saturated carbocycles. The highest BCUT2D eigenvalue weighted by molar-refractivity contribution is 7.90. The van der Waals surface area contributed by atoms with E-state index in [0.717, 1.165) is 16.9 Å². The van der Waals surface area contributed by atoms with Crippen molar-refractivity contribution in [3.63, 3.8) is 0 Å². The van der Waals surface area contributed by atoms with Crippen LogP contribution < -0.4 is 0 Å². The second kappa shape index (κ2) is 5.14. The first kappa shape index (κ1) is 13.5. The summed E-state index contributed by atoms with van der Waals surface area (Å²) in [6.45, 7) is 0. The summed E-state index contributed by atoms with van der Waals surface area (Å²) in [6, 6.07) is 10.5. The highest BCUT2D eigenvalue weighted by Gasteiger charge is 2.10. The van der Waals surface area contributed by atoms with Gasteiger partial charge in [0, 0.05) is 24.2 Å². The molecule has 0 bridgehead atoms. The fraction of sp³-hybridized carbons (Fsp3) is 0.0667. The summed E-state index contributed by atoms with van der Waals surface area (Å²) in [4.78, 5) is 8.47. The molecule has 5 nitrogen and oxygen atoms in total. The monoisotopic (exact) mass is 299 g/mol. The molecule has 6 heteroatoms. The lowest BCUT2D eigenvalue weighted by atomic mass is 10.1. The smallest absolute Gasteiger partial charge is 0.175 e. The summed E-state index contributed by atoms with van der Waals surface area (Å²) in [7, 11) is -3.18. The van der Waals surface area contributed by atoms with Gasteiger partial charge in [0.1, 0.15) is 0 Å². The molecule has 0 unspecified atom stereocenters. The first-order chi connectivity index (χ1) is 10.1. The van der Waals surface area contributed by atoms with Crippen molar-refractivity contribution >= 4 is 9.84 Å². The van der Waals surface area contributed by atoms with E-state index in [1.54, 1.807) is 49.2 Å². The summed E-state index contributed by atoms with van der Waals surface area (Å²) in [5.41, 5.74) is 2.74. The molecule has 0 aliphatic heterocycles. The Morgan fingerprint density at radius 1 is 0.952 bits per heavy atom. The summed E-state index contributed by atoms with van der Waals surface area (Å²) in [5.74, 6) is 0. The van der Waals surface area contributed by atoms with Gasteiger partial charge in [-0.15, -0.1) is 0 Å². The molecule has 2 aromatic heterocycles. The Balaban J connectivity index is 2.05. The lowest BCUT2D eigenvalue weighted by molar-refractivity contribution is 0.602. The normalized spacial score (nSPS) is 11.5. The van der Waals surface area contributed by atoms with Gasteiger partial charge in [-0.3, -0.25) is 9.55 Å². The Morgan fingerprint density at radius 2 is 1.62 bits per heavy atom. The summed E-state index contributed by atoms with van der Waals surface area (Å²) >= 11 is 0. The minimum atomic E-state index is -3.18. The molecule has 21 heavy (non-hydrogen) atoms. The number of pyridine rings is 1. The fourth-order valence-electron chi connectivity index (χ4n) is 2.09. The van der Waals surface area contributed by atoms with Crippen molar-refractivity contribution in [1.29, 1.82) is 0 Å². The molecule has 3 aromatic rings. The molecule has 0 amide bonds. The molecule has 0 radical (unpaired) electrons. The van der Waals surface area contributed by atoms with Gasteiger partial charge in [0.15, 0.2) is 9.84 Å². The maximum atomic E-state index is 11.5. The Morgan fingerprint density at radius 3 is 2.24 bits per heavy atom.